The van der Waals surface area contributed by atoms with Gasteiger partial charge in [0.2, 0.25) is 5.91 Å². The minimum absolute atomic E-state index is 0.00679. The normalized spacial score (nSPS) is 14.6. The van der Waals surface area contributed by atoms with Crippen LogP contribution in [0.1, 0.15) is 55.7 Å². The van der Waals surface area contributed by atoms with Gasteiger partial charge < -0.3 is 9.73 Å². The lowest BCUT2D eigenvalue weighted by Gasteiger charge is -2.19. The summed E-state index contributed by atoms with van der Waals surface area (Å²) in [6, 6.07) is 22.4. The van der Waals surface area contributed by atoms with Crippen LogP contribution in [0.5, 0.6) is 0 Å². The fraction of sp³-hybridized carbons (Fsp3) is 0.321. The largest absolute Gasteiger partial charge is 0.467 e. The number of hydrogen-bond acceptors (Lipinski definition) is 5. The number of amides is 1. The molecule has 2 aromatic carbocycles. The third-order valence-corrected chi connectivity index (χ3v) is 7.34. The van der Waals surface area contributed by atoms with Crippen molar-refractivity contribution in [3.63, 3.8) is 0 Å². The highest BCUT2D eigenvalue weighted by Crippen LogP contribution is 2.37. The van der Waals surface area contributed by atoms with E-state index < -0.39 is 5.25 Å². The molecule has 0 radical (unpaired) electrons. The molecule has 5 rings (SSSR count). The van der Waals surface area contributed by atoms with E-state index in [4.69, 9.17) is 4.42 Å². The van der Waals surface area contributed by atoms with Gasteiger partial charge in [-0.3, -0.25) is 9.36 Å². The van der Waals surface area contributed by atoms with E-state index >= 15 is 0 Å². The number of hydrogen-bond donors (Lipinski definition) is 1. The molecule has 0 spiro atoms. The molecule has 2 heterocycles. The van der Waals surface area contributed by atoms with Crippen LogP contribution in [0.15, 0.2) is 82.6 Å². The number of nitrogens with zero attached hydrogens (tertiary/aromatic N) is 3. The van der Waals surface area contributed by atoms with Crippen molar-refractivity contribution in [2.24, 2.45) is 0 Å². The molecule has 1 amide bonds. The van der Waals surface area contributed by atoms with Crippen LogP contribution in [-0.2, 0) is 16.8 Å². The summed E-state index contributed by atoms with van der Waals surface area (Å²) in [5.74, 6) is 1.56. The van der Waals surface area contributed by atoms with Gasteiger partial charge in [-0.1, -0.05) is 87.1 Å². The van der Waals surface area contributed by atoms with Crippen molar-refractivity contribution in [1.29, 1.82) is 0 Å². The molecule has 1 unspecified atom stereocenters. The molecule has 180 valence electrons. The maximum atomic E-state index is 13.2. The zero-order chi connectivity index (χ0) is 24.4. The maximum absolute atomic E-state index is 13.2. The lowest BCUT2D eigenvalue weighted by Crippen LogP contribution is -2.30. The van der Waals surface area contributed by atoms with E-state index in [2.05, 4.69) is 60.6 Å². The van der Waals surface area contributed by atoms with Gasteiger partial charge in [0.15, 0.2) is 11.0 Å². The molecular weight excluding hydrogens is 456 g/mol. The summed E-state index contributed by atoms with van der Waals surface area (Å²) in [5, 5.41) is 12.5. The van der Waals surface area contributed by atoms with Gasteiger partial charge in [0.05, 0.1) is 12.8 Å². The summed E-state index contributed by atoms with van der Waals surface area (Å²) in [5.41, 5.74) is 3.25. The van der Waals surface area contributed by atoms with Crippen molar-refractivity contribution in [3.05, 3.63) is 89.9 Å². The van der Waals surface area contributed by atoms with E-state index in [-0.39, 0.29) is 17.4 Å². The molecule has 0 bridgehead atoms. The monoisotopic (exact) mass is 486 g/mol. The first-order valence-electron chi connectivity index (χ1n) is 12.0. The van der Waals surface area contributed by atoms with Gasteiger partial charge in [-0.25, -0.2) is 0 Å². The third kappa shape index (κ3) is 5.51. The highest BCUT2D eigenvalue weighted by atomic mass is 32.2. The van der Waals surface area contributed by atoms with Crippen LogP contribution in [0.2, 0.25) is 0 Å². The molecule has 2 aromatic heterocycles. The molecule has 4 aromatic rings. The Kier molecular flexibility index (Phi) is 6.52. The van der Waals surface area contributed by atoms with Crippen molar-refractivity contribution in [1.82, 2.24) is 20.1 Å². The van der Waals surface area contributed by atoms with Crippen molar-refractivity contribution < 1.29 is 9.21 Å². The molecular formula is C28H30N4O2S. The van der Waals surface area contributed by atoms with Gasteiger partial charge in [0, 0.05) is 11.6 Å². The minimum Gasteiger partial charge on any atom is -0.467 e. The zero-order valence-electron chi connectivity index (χ0n) is 20.3. The second kappa shape index (κ2) is 9.74. The maximum Gasteiger partial charge on any atom is 0.238 e. The number of furan rings is 1. The van der Waals surface area contributed by atoms with E-state index in [1.165, 1.54) is 17.3 Å². The second-order valence-corrected chi connectivity index (χ2v) is 11.1. The van der Waals surface area contributed by atoms with Crippen LogP contribution in [0.25, 0.3) is 11.4 Å². The second-order valence-electron chi connectivity index (χ2n) is 9.99. The van der Waals surface area contributed by atoms with Crippen molar-refractivity contribution in [2.45, 2.75) is 62.0 Å². The molecule has 6 nitrogen and oxygen atoms in total. The first kappa shape index (κ1) is 23.4. The zero-order valence-corrected chi connectivity index (χ0v) is 21.1. The Morgan fingerprint density at radius 3 is 2.43 bits per heavy atom. The number of carbonyl (C=O) groups excluding carboxylic acids is 1. The molecule has 1 fully saturated rings. The van der Waals surface area contributed by atoms with Gasteiger partial charge in [0.25, 0.3) is 0 Å². The highest BCUT2D eigenvalue weighted by molar-refractivity contribution is 8.00. The molecule has 7 heteroatoms. The number of thioether (sulfide) groups is 1. The first-order chi connectivity index (χ1) is 16.9. The summed E-state index contributed by atoms with van der Waals surface area (Å²) in [4.78, 5) is 13.2. The molecule has 1 saturated carbocycles. The average molecular weight is 487 g/mol. The van der Waals surface area contributed by atoms with Crippen molar-refractivity contribution in [3.8, 4) is 11.4 Å². The number of benzene rings is 2. The third-order valence-electron chi connectivity index (χ3n) is 6.11. The van der Waals surface area contributed by atoms with E-state index in [0.29, 0.717) is 11.7 Å². The molecule has 1 aliphatic carbocycles. The Morgan fingerprint density at radius 2 is 1.80 bits per heavy atom. The van der Waals surface area contributed by atoms with Crippen molar-refractivity contribution in [2.75, 3.05) is 0 Å². The molecule has 1 aliphatic rings. The van der Waals surface area contributed by atoms with E-state index in [1.54, 1.807) is 6.26 Å². The number of carbonyl (C=O) groups is 1. The predicted molar refractivity (Wildman–Crippen MR) is 138 cm³/mol. The lowest BCUT2D eigenvalue weighted by atomic mass is 9.87. The predicted octanol–water partition coefficient (Wildman–Crippen LogP) is 6.00. The summed E-state index contributed by atoms with van der Waals surface area (Å²) < 4.78 is 7.69. The summed E-state index contributed by atoms with van der Waals surface area (Å²) in [6.07, 6.45) is 3.75. The SMILES string of the molecule is CC(C)(C)c1ccc(-c2nnc(SC(C(=O)NC3CC3)c3ccccc3)n2Cc2ccco2)cc1. The molecule has 1 N–H and O–H groups in total. The highest BCUT2D eigenvalue weighted by Gasteiger charge is 2.31. The number of nitrogens with one attached hydrogen (secondary N) is 1. The lowest BCUT2D eigenvalue weighted by molar-refractivity contribution is -0.120. The number of aromatic nitrogens is 3. The van der Waals surface area contributed by atoms with Gasteiger partial charge in [0.1, 0.15) is 11.0 Å². The fourth-order valence-electron chi connectivity index (χ4n) is 3.92. The van der Waals surface area contributed by atoms with Crippen LogP contribution in [0, 0.1) is 0 Å². The van der Waals surface area contributed by atoms with Crippen LogP contribution >= 0.6 is 11.8 Å². The standard InChI is InChI=1S/C28H30N4O2S/c1-28(2,3)21-13-11-20(12-14-21)25-30-31-27(32(25)18-23-10-7-17-34-23)35-24(19-8-5-4-6-9-19)26(33)29-22-15-16-22/h4-14,17,22,24H,15-16,18H2,1-3H3,(H,29,33). The Morgan fingerprint density at radius 1 is 1.06 bits per heavy atom. The smallest absolute Gasteiger partial charge is 0.238 e. The van der Waals surface area contributed by atoms with Crippen LogP contribution in [-0.4, -0.2) is 26.7 Å². The first-order valence-corrected chi connectivity index (χ1v) is 12.8. The summed E-state index contributed by atoms with van der Waals surface area (Å²) in [7, 11) is 0. The Bertz CT molecular complexity index is 1270. The van der Waals surface area contributed by atoms with Crippen LogP contribution in [0.3, 0.4) is 0 Å². The molecule has 35 heavy (non-hydrogen) atoms. The summed E-state index contributed by atoms with van der Waals surface area (Å²) in [6.45, 7) is 7.08. The topological polar surface area (TPSA) is 73.0 Å². The van der Waals surface area contributed by atoms with E-state index in [9.17, 15) is 4.79 Å². The molecule has 0 aliphatic heterocycles. The Balaban J connectivity index is 1.51. The Labute approximate surface area is 210 Å². The Hall–Kier alpha value is -3.32. The summed E-state index contributed by atoms with van der Waals surface area (Å²) >= 11 is 1.43. The van der Waals surface area contributed by atoms with Crippen LogP contribution < -0.4 is 5.32 Å². The van der Waals surface area contributed by atoms with Gasteiger partial charge in [-0.05, 0) is 41.5 Å². The van der Waals surface area contributed by atoms with E-state index in [0.717, 1.165) is 35.6 Å². The number of rotatable bonds is 8. The van der Waals surface area contributed by atoms with Crippen LogP contribution in [0.4, 0.5) is 0 Å². The van der Waals surface area contributed by atoms with E-state index in [1.807, 2.05) is 47.0 Å². The van der Waals surface area contributed by atoms with Gasteiger partial charge >= 0.3 is 0 Å². The average Bonchev–Trinajstić information content (AvgIpc) is 3.35. The van der Waals surface area contributed by atoms with Gasteiger partial charge in [-0.15, -0.1) is 10.2 Å². The fourth-order valence-corrected chi connectivity index (χ4v) is 4.97. The quantitative estimate of drug-likeness (QED) is 0.310. The molecule has 0 saturated heterocycles. The van der Waals surface area contributed by atoms with Gasteiger partial charge in [-0.2, -0.15) is 0 Å². The van der Waals surface area contributed by atoms with Crippen molar-refractivity contribution >= 4 is 17.7 Å². The molecule has 1 atom stereocenters. The minimum atomic E-state index is -0.424.